The van der Waals surface area contributed by atoms with Crippen LogP contribution in [-0.4, -0.2) is 23.3 Å². The lowest BCUT2D eigenvalue weighted by atomic mass is 9.96. The molecular weight excluding hydrogens is 266 g/mol. The van der Waals surface area contributed by atoms with Crippen LogP contribution in [-0.2, 0) is 4.74 Å². The first-order chi connectivity index (χ1) is 10.1. The molecule has 1 aliphatic heterocycles. The predicted molar refractivity (Wildman–Crippen MR) is 80.0 cm³/mol. The van der Waals surface area contributed by atoms with Gasteiger partial charge in [0, 0.05) is 42.4 Å². The number of ether oxygens (including phenoxy) is 1. The summed E-state index contributed by atoms with van der Waals surface area (Å²) in [7, 11) is 0. The largest absolute Gasteiger partial charge is 0.466 e. The van der Waals surface area contributed by atoms with Gasteiger partial charge in [-0.3, -0.25) is 5.10 Å². The molecule has 21 heavy (non-hydrogen) atoms. The summed E-state index contributed by atoms with van der Waals surface area (Å²) < 4.78 is 11.5. The molecule has 0 aromatic carbocycles. The van der Waals surface area contributed by atoms with Gasteiger partial charge in [0.1, 0.15) is 11.5 Å². The van der Waals surface area contributed by atoms with Crippen LogP contribution in [0, 0.1) is 19.8 Å². The number of aromatic nitrogens is 2. The average Bonchev–Trinajstić information content (AvgIpc) is 3.15. The van der Waals surface area contributed by atoms with Gasteiger partial charge in [-0.25, -0.2) is 0 Å². The van der Waals surface area contributed by atoms with Gasteiger partial charge in [0.2, 0.25) is 0 Å². The Morgan fingerprint density at radius 2 is 2.33 bits per heavy atom. The number of H-pyrrole nitrogens is 1. The van der Waals surface area contributed by atoms with Gasteiger partial charge in [-0.2, -0.15) is 5.10 Å². The number of nitrogens with zero attached hydrogens (tertiary/aromatic N) is 1. The van der Waals surface area contributed by atoms with E-state index in [0.29, 0.717) is 5.92 Å². The second-order valence-electron chi connectivity index (χ2n) is 5.87. The Bertz CT molecular complexity index is 576. The van der Waals surface area contributed by atoms with Crippen molar-refractivity contribution >= 4 is 0 Å². The van der Waals surface area contributed by atoms with Crippen LogP contribution < -0.4 is 5.32 Å². The number of rotatable bonds is 5. The molecule has 3 heterocycles. The Morgan fingerprint density at radius 3 is 3.00 bits per heavy atom. The number of aromatic amines is 1. The molecule has 114 valence electrons. The first-order valence-corrected chi connectivity index (χ1v) is 7.55. The first kappa shape index (κ1) is 14.4. The van der Waals surface area contributed by atoms with Crippen molar-refractivity contribution in [1.82, 2.24) is 15.5 Å². The van der Waals surface area contributed by atoms with Crippen LogP contribution in [0.5, 0.6) is 0 Å². The molecule has 1 aliphatic rings. The van der Waals surface area contributed by atoms with Gasteiger partial charge in [0.15, 0.2) is 0 Å². The number of hydrogen-bond acceptors (Lipinski definition) is 4. The summed E-state index contributed by atoms with van der Waals surface area (Å²) in [6.45, 7) is 7.94. The summed E-state index contributed by atoms with van der Waals surface area (Å²) in [5.41, 5.74) is 2.38. The first-order valence-electron chi connectivity index (χ1n) is 7.55. The monoisotopic (exact) mass is 289 g/mol. The number of hydrogen-bond donors (Lipinski definition) is 2. The molecule has 1 saturated heterocycles. The number of nitrogens with one attached hydrogen (secondary N) is 2. The van der Waals surface area contributed by atoms with Crippen molar-refractivity contribution in [2.75, 3.05) is 13.2 Å². The van der Waals surface area contributed by atoms with Gasteiger partial charge in [-0.15, -0.1) is 0 Å². The van der Waals surface area contributed by atoms with E-state index in [1.165, 1.54) is 5.56 Å². The van der Waals surface area contributed by atoms with Crippen LogP contribution in [0.2, 0.25) is 0 Å². The van der Waals surface area contributed by atoms with Crippen molar-refractivity contribution < 1.29 is 9.15 Å². The fourth-order valence-corrected chi connectivity index (χ4v) is 3.15. The molecule has 2 N–H and O–H groups in total. The summed E-state index contributed by atoms with van der Waals surface area (Å²) in [5, 5.41) is 10.5. The third kappa shape index (κ3) is 3.04. The van der Waals surface area contributed by atoms with Crippen molar-refractivity contribution in [2.45, 2.75) is 39.3 Å². The van der Waals surface area contributed by atoms with E-state index in [-0.39, 0.29) is 12.1 Å². The van der Waals surface area contributed by atoms with Crippen molar-refractivity contribution in [3.05, 3.63) is 41.1 Å². The van der Waals surface area contributed by atoms with E-state index in [2.05, 4.69) is 28.5 Å². The van der Waals surface area contributed by atoms with Gasteiger partial charge in [-0.1, -0.05) is 0 Å². The van der Waals surface area contributed by atoms with E-state index in [1.54, 1.807) is 0 Å². The van der Waals surface area contributed by atoms with Crippen LogP contribution in [0.25, 0.3) is 0 Å². The lowest BCUT2D eigenvalue weighted by Gasteiger charge is -2.20. The summed E-state index contributed by atoms with van der Waals surface area (Å²) in [5.74, 6) is 2.46. The van der Waals surface area contributed by atoms with Crippen LogP contribution in [0.4, 0.5) is 0 Å². The molecule has 5 nitrogen and oxygen atoms in total. The normalized spacial score (nSPS) is 23.6. The summed E-state index contributed by atoms with van der Waals surface area (Å²) in [6, 6.07) is 2.40. The van der Waals surface area contributed by atoms with Gasteiger partial charge in [0.25, 0.3) is 0 Å². The molecular formula is C16H23N3O2. The topological polar surface area (TPSA) is 63.1 Å². The molecule has 1 unspecified atom stereocenters. The minimum atomic E-state index is 0.149. The van der Waals surface area contributed by atoms with Crippen molar-refractivity contribution in [3.8, 4) is 0 Å². The second-order valence-corrected chi connectivity index (χ2v) is 5.87. The van der Waals surface area contributed by atoms with Crippen LogP contribution >= 0.6 is 0 Å². The lowest BCUT2D eigenvalue weighted by Crippen LogP contribution is -2.27. The van der Waals surface area contributed by atoms with Gasteiger partial charge in [0.05, 0.1) is 12.3 Å². The highest BCUT2D eigenvalue weighted by Gasteiger charge is 2.30. The van der Waals surface area contributed by atoms with Crippen molar-refractivity contribution in [1.29, 1.82) is 0 Å². The molecule has 5 heteroatoms. The van der Waals surface area contributed by atoms with E-state index in [1.807, 2.05) is 26.2 Å². The summed E-state index contributed by atoms with van der Waals surface area (Å²) >= 11 is 0. The maximum absolute atomic E-state index is 5.86. The van der Waals surface area contributed by atoms with E-state index in [0.717, 1.165) is 36.7 Å². The Kier molecular flexibility index (Phi) is 4.12. The van der Waals surface area contributed by atoms with E-state index < -0.39 is 0 Å². The Hall–Kier alpha value is -1.59. The average molecular weight is 289 g/mol. The smallest absolute Gasteiger partial charge is 0.105 e. The maximum Gasteiger partial charge on any atom is 0.105 e. The van der Waals surface area contributed by atoms with Crippen molar-refractivity contribution in [2.24, 2.45) is 5.92 Å². The molecule has 2 aromatic rings. The minimum Gasteiger partial charge on any atom is -0.466 e. The zero-order valence-electron chi connectivity index (χ0n) is 12.8. The highest BCUT2D eigenvalue weighted by atomic mass is 16.5. The third-order valence-electron chi connectivity index (χ3n) is 4.29. The Labute approximate surface area is 125 Å². The highest BCUT2D eigenvalue weighted by molar-refractivity contribution is 5.23. The molecule has 3 atom stereocenters. The van der Waals surface area contributed by atoms with Crippen molar-refractivity contribution in [3.63, 3.8) is 0 Å². The predicted octanol–water partition coefficient (Wildman–Crippen LogP) is 3.05. The fraction of sp³-hybridized carbons (Fsp3) is 0.562. The molecule has 0 radical (unpaired) electrons. The zero-order valence-corrected chi connectivity index (χ0v) is 12.8. The van der Waals surface area contributed by atoms with Crippen LogP contribution in [0.1, 0.15) is 48.1 Å². The molecule has 0 saturated carbocycles. The number of furan rings is 1. The van der Waals surface area contributed by atoms with Crippen LogP contribution in [0.3, 0.4) is 0 Å². The Balaban J connectivity index is 1.60. The van der Waals surface area contributed by atoms with Gasteiger partial charge >= 0.3 is 0 Å². The number of aryl methyl sites for hydroxylation is 2. The molecule has 0 spiro atoms. The minimum absolute atomic E-state index is 0.149. The SMILES string of the molecule is Cc1cc(C(C)NC[C@H]2CCO[C@@H]2c2cn[nH]c2)c(C)o1. The quantitative estimate of drug-likeness (QED) is 0.888. The molecule has 2 aromatic heterocycles. The highest BCUT2D eigenvalue weighted by Crippen LogP contribution is 2.34. The van der Waals surface area contributed by atoms with E-state index >= 15 is 0 Å². The zero-order chi connectivity index (χ0) is 14.8. The van der Waals surface area contributed by atoms with E-state index in [9.17, 15) is 0 Å². The van der Waals surface area contributed by atoms with Gasteiger partial charge < -0.3 is 14.5 Å². The second kappa shape index (κ2) is 6.03. The standard InChI is InChI=1S/C16H23N3O2/c1-10-6-15(12(3)21-10)11(2)17-7-13-4-5-20-16(13)14-8-18-19-9-14/h6,8-9,11,13,16-17H,4-5,7H2,1-3H3,(H,18,19)/t11?,13-,16+/m1/s1. The molecule has 3 rings (SSSR count). The maximum atomic E-state index is 5.86. The molecule has 0 aliphatic carbocycles. The molecule has 1 fully saturated rings. The van der Waals surface area contributed by atoms with Gasteiger partial charge in [-0.05, 0) is 33.3 Å². The molecule has 0 amide bonds. The Morgan fingerprint density at radius 1 is 1.48 bits per heavy atom. The third-order valence-corrected chi connectivity index (χ3v) is 4.29. The molecule has 0 bridgehead atoms. The fourth-order valence-electron chi connectivity index (χ4n) is 3.15. The van der Waals surface area contributed by atoms with Crippen LogP contribution in [0.15, 0.2) is 22.9 Å². The van der Waals surface area contributed by atoms with E-state index in [4.69, 9.17) is 9.15 Å². The summed E-state index contributed by atoms with van der Waals surface area (Å²) in [4.78, 5) is 0. The summed E-state index contributed by atoms with van der Waals surface area (Å²) in [6.07, 6.45) is 5.01. The lowest BCUT2D eigenvalue weighted by molar-refractivity contribution is 0.0899.